The third-order valence-electron chi connectivity index (χ3n) is 6.08. The molecule has 2 unspecified atom stereocenters. The summed E-state index contributed by atoms with van der Waals surface area (Å²) in [5.74, 6) is 0.228. The van der Waals surface area contributed by atoms with Gasteiger partial charge in [0.2, 0.25) is 5.91 Å². The standard InChI is InChI=1S/C20H30N4O4/c1-14-13-22(10-11-23(14)16-6-4-5-7-16)15(2)20(25)21-18-12-17(24(26)27)8-9-19(18)28-3/h8-9,12,14-16H,4-7,10-11,13H2,1-3H3,(H,21,25). The van der Waals surface area contributed by atoms with Gasteiger partial charge in [-0.05, 0) is 32.8 Å². The Labute approximate surface area is 166 Å². The van der Waals surface area contributed by atoms with Gasteiger partial charge in [-0.2, -0.15) is 0 Å². The highest BCUT2D eigenvalue weighted by atomic mass is 16.6. The van der Waals surface area contributed by atoms with Crippen molar-refractivity contribution in [2.75, 3.05) is 32.1 Å². The van der Waals surface area contributed by atoms with Crippen molar-refractivity contribution in [1.29, 1.82) is 0 Å². The number of anilines is 1. The molecule has 1 aromatic carbocycles. The average Bonchev–Trinajstić information content (AvgIpc) is 3.21. The molecular formula is C20H30N4O4. The number of methoxy groups -OCH3 is 1. The Bertz CT molecular complexity index is 720. The Morgan fingerprint density at radius 2 is 2.04 bits per heavy atom. The van der Waals surface area contributed by atoms with Crippen molar-refractivity contribution in [2.24, 2.45) is 0 Å². The van der Waals surface area contributed by atoms with Crippen LogP contribution in [0.3, 0.4) is 0 Å². The molecule has 1 aliphatic carbocycles. The van der Waals surface area contributed by atoms with Crippen molar-refractivity contribution in [3.63, 3.8) is 0 Å². The van der Waals surface area contributed by atoms with Crippen LogP contribution in [0.4, 0.5) is 11.4 Å². The zero-order chi connectivity index (χ0) is 20.3. The van der Waals surface area contributed by atoms with E-state index in [-0.39, 0.29) is 17.6 Å². The first-order valence-corrected chi connectivity index (χ1v) is 10.0. The van der Waals surface area contributed by atoms with Crippen LogP contribution < -0.4 is 10.1 Å². The first-order valence-electron chi connectivity index (χ1n) is 10.0. The van der Waals surface area contributed by atoms with E-state index in [1.165, 1.54) is 51.0 Å². The molecular weight excluding hydrogens is 360 g/mol. The van der Waals surface area contributed by atoms with Gasteiger partial charge in [-0.25, -0.2) is 0 Å². The topological polar surface area (TPSA) is 87.9 Å². The maximum atomic E-state index is 12.8. The number of ether oxygens (including phenoxy) is 1. The van der Waals surface area contributed by atoms with Gasteiger partial charge in [0.25, 0.3) is 5.69 Å². The highest BCUT2D eigenvalue weighted by Gasteiger charge is 2.34. The van der Waals surface area contributed by atoms with Gasteiger partial charge in [-0.3, -0.25) is 24.7 Å². The second kappa shape index (κ2) is 8.87. The summed E-state index contributed by atoms with van der Waals surface area (Å²) < 4.78 is 5.24. The molecule has 0 spiro atoms. The second-order valence-corrected chi connectivity index (χ2v) is 7.83. The van der Waals surface area contributed by atoms with Crippen molar-refractivity contribution < 1.29 is 14.5 Å². The molecule has 1 aliphatic heterocycles. The Kier molecular flexibility index (Phi) is 6.51. The summed E-state index contributed by atoms with van der Waals surface area (Å²) in [5, 5.41) is 13.8. The highest BCUT2D eigenvalue weighted by Crippen LogP contribution is 2.30. The fraction of sp³-hybridized carbons (Fsp3) is 0.650. The molecule has 154 valence electrons. The Balaban J connectivity index is 1.63. The van der Waals surface area contributed by atoms with Gasteiger partial charge in [0.15, 0.2) is 0 Å². The van der Waals surface area contributed by atoms with E-state index in [9.17, 15) is 14.9 Å². The molecule has 0 aromatic heterocycles. The lowest BCUT2D eigenvalue weighted by Crippen LogP contribution is -2.58. The molecule has 3 rings (SSSR count). The fourth-order valence-corrected chi connectivity index (χ4v) is 4.44. The largest absolute Gasteiger partial charge is 0.495 e. The van der Waals surface area contributed by atoms with Gasteiger partial charge in [0.05, 0.1) is 23.8 Å². The number of nitro groups is 1. The van der Waals surface area contributed by atoms with E-state index in [0.717, 1.165) is 19.6 Å². The number of hydrogen-bond donors (Lipinski definition) is 1. The lowest BCUT2D eigenvalue weighted by Gasteiger charge is -2.44. The van der Waals surface area contributed by atoms with Crippen LogP contribution in [0, 0.1) is 10.1 Å². The third kappa shape index (κ3) is 4.44. The molecule has 1 heterocycles. The number of hydrogen-bond acceptors (Lipinski definition) is 6. The first kappa shape index (κ1) is 20.5. The number of carbonyl (C=O) groups excluding carboxylic acids is 1. The molecule has 8 nitrogen and oxygen atoms in total. The number of nitrogens with one attached hydrogen (secondary N) is 1. The maximum absolute atomic E-state index is 12.8. The number of rotatable bonds is 6. The van der Waals surface area contributed by atoms with Crippen molar-refractivity contribution in [1.82, 2.24) is 9.80 Å². The molecule has 2 aliphatic rings. The number of benzene rings is 1. The summed E-state index contributed by atoms with van der Waals surface area (Å²) in [4.78, 5) is 28.1. The maximum Gasteiger partial charge on any atom is 0.271 e. The van der Waals surface area contributed by atoms with Crippen molar-refractivity contribution in [3.05, 3.63) is 28.3 Å². The van der Waals surface area contributed by atoms with Crippen LogP contribution in [0.25, 0.3) is 0 Å². The lowest BCUT2D eigenvalue weighted by atomic mass is 10.1. The van der Waals surface area contributed by atoms with Gasteiger partial charge in [0.1, 0.15) is 5.75 Å². The van der Waals surface area contributed by atoms with E-state index in [0.29, 0.717) is 23.5 Å². The van der Waals surface area contributed by atoms with Crippen LogP contribution in [0.2, 0.25) is 0 Å². The van der Waals surface area contributed by atoms with Crippen molar-refractivity contribution in [2.45, 2.75) is 57.7 Å². The first-order chi connectivity index (χ1) is 13.4. The predicted octanol–water partition coefficient (Wildman–Crippen LogP) is 2.88. The zero-order valence-corrected chi connectivity index (χ0v) is 16.9. The molecule has 1 saturated carbocycles. The average molecular weight is 390 g/mol. The summed E-state index contributed by atoms with van der Waals surface area (Å²) in [5.41, 5.74) is 0.244. The second-order valence-electron chi connectivity index (χ2n) is 7.83. The molecule has 2 atom stereocenters. The van der Waals surface area contributed by atoms with Crippen molar-refractivity contribution in [3.8, 4) is 5.75 Å². The fourth-order valence-electron chi connectivity index (χ4n) is 4.44. The van der Waals surface area contributed by atoms with Gasteiger partial charge in [-0.1, -0.05) is 12.8 Å². The summed E-state index contributed by atoms with van der Waals surface area (Å²) >= 11 is 0. The highest BCUT2D eigenvalue weighted by molar-refractivity contribution is 5.96. The quantitative estimate of drug-likeness (QED) is 0.594. The van der Waals surface area contributed by atoms with E-state index in [1.807, 2.05) is 6.92 Å². The molecule has 1 amide bonds. The number of nitro benzene ring substituents is 1. The van der Waals surface area contributed by atoms with Gasteiger partial charge < -0.3 is 10.1 Å². The van der Waals surface area contributed by atoms with Crippen LogP contribution in [-0.2, 0) is 4.79 Å². The number of piperazine rings is 1. The summed E-state index contributed by atoms with van der Waals surface area (Å²) in [6.45, 7) is 6.79. The van der Waals surface area contributed by atoms with Gasteiger partial charge in [-0.15, -0.1) is 0 Å². The summed E-state index contributed by atoms with van der Waals surface area (Å²) in [6, 6.07) is 4.99. The van der Waals surface area contributed by atoms with E-state index in [1.54, 1.807) is 0 Å². The van der Waals surface area contributed by atoms with Crippen LogP contribution in [-0.4, -0.2) is 65.5 Å². The van der Waals surface area contributed by atoms with Crippen LogP contribution >= 0.6 is 0 Å². The molecule has 2 fully saturated rings. The van der Waals surface area contributed by atoms with Crippen LogP contribution in [0.15, 0.2) is 18.2 Å². The molecule has 0 bridgehead atoms. The third-order valence-corrected chi connectivity index (χ3v) is 6.08. The Morgan fingerprint density at radius 1 is 1.32 bits per heavy atom. The Hall–Kier alpha value is -2.19. The summed E-state index contributed by atoms with van der Waals surface area (Å²) in [6.07, 6.45) is 5.21. The van der Waals surface area contributed by atoms with E-state index in [2.05, 4.69) is 22.0 Å². The number of nitrogens with zero attached hydrogens (tertiary/aromatic N) is 3. The van der Waals surface area contributed by atoms with Crippen LogP contribution in [0.5, 0.6) is 5.75 Å². The zero-order valence-electron chi connectivity index (χ0n) is 16.9. The molecule has 28 heavy (non-hydrogen) atoms. The molecule has 0 radical (unpaired) electrons. The Morgan fingerprint density at radius 3 is 2.64 bits per heavy atom. The monoisotopic (exact) mass is 390 g/mol. The van der Waals surface area contributed by atoms with Crippen LogP contribution in [0.1, 0.15) is 39.5 Å². The smallest absolute Gasteiger partial charge is 0.271 e. The van der Waals surface area contributed by atoms with E-state index >= 15 is 0 Å². The molecule has 1 N–H and O–H groups in total. The number of amides is 1. The van der Waals surface area contributed by atoms with Gasteiger partial charge in [0, 0.05) is 43.9 Å². The predicted molar refractivity (Wildman–Crippen MR) is 108 cm³/mol. The minimum absolute atomic E-state index is 0.0810. The van der Waals surface area contributed by atoms with Gasteiger partial charge >= 0.3 is 0 Å². The van der Waals surface area contributed by atoms with E-state index in [4.69, 9.17) is 4.74 Å². The SMILES string of the molecule is COc1ccc([N+](=O)[O-])cc1NC(=O)C(C)N1CCN(C2CCCC2)C(C)C1. The number of non-ortho nitro benzene ring substituents is 1. The minimum atomic E-state index is -0.484. The lowest BCUT2D eigenvalue weighted by molar-refractivity contribution is -0.384. The molecule has 1 saturated heterocycles. The molecule has 1 aromatic rings. The number of carbonyl (C=O) groups is 1. The molecule has 8 heteroatoms. The minimum Gasteiger partial charge on any atom is -0.495 e. The van der Waals surface area contributed by atoms with Crippen molar-refractivity contribution >= 4 is 17.3 Å². The normalized spacial score (nSPS) is 22.8. The summed E-state index contributed by atoms with van der Waals surface area (Å²) in [7, 11) is 1.48. The van der Waals surface area contributed by atoms with E-state index < -0.39 is 4.92 Å².